The zero-order chi connectivity index (χ0) is 12.0. The van der Waals surface area contributed by atoms with Gasteiger partial charge in [0.25, 0.3) is 0 Å². The van der Waals surface area contributed by atoms with Crippen molar-refractivity contribution in [1.29, 1.82) is 0 Å². The van der Waals surface area contributed by atoms with E-state index in [-0.39, 0.29) is 0 Å². The normalized spacial score (nSPS) is 25.9. The maximum Gasteiger partial charge on any atom is 0.0589 e. The molecule has 1 N–H and O–H groups in total. The molecule has 1 fully saturated rings. The molecular weight excluding hydrogens is 200 g/mol. The van der Waals surface area contributed by atoms with E-state index in [0.29, 0.717) is 6.04 Å². The van der Waals surface area contributed by atoms with Gasteiger partial charge in [0.15, 0.2) is 0 Å². The van der Waals surface area contributed by atoms with E-state index in [1.807, 2.05) is 0 Å². The largest absolute Gasteiger partial charge is 0.383 e. The Morgan fingerprint density at radius 1 is 1.38 bits per heavy atom. The molecule has 1 rings (SSSR count). The van der Waals surface area contributed by atoms with Crippen LogP contribution in [0.2, 0.25) is 0 Å². The fourth-order valence-electron chi connectivity index (χ4n) is 2.71. The Balaban J connectivity index is 2.40. The Labute approximate surface area is 101 Å². The van der Waals surface area contributed by atoms with Crippen LogP contribution in [-0.2, 0) is 4.74 Å². The average molecular weight is 228 g/mol. The van der Waals surface area contributed by atoms with Crippen LogP contribution in [0.25, 0.3) is 0 Å². The minimum atomic E-state index is 0.619. The van der Waals surface area contributed by atoms with E-state index in [0.717, 1.165) is 25.1 Å². The molecule has 3 nitrogen and oxygen atoms in total. The van der Waals surface area contributed by atoms with E-state index in [9.17, 15) is 0 Å². The van der Waals surface area contributed by atoms with Gasteiger partial charge in [0, 0.05) is 32.3 Å². The van der Waals surface area contributed by atoms with Gasteiger partial charge in [-0.3, -0.25) is 4.90 Å². The van der Waals surface area contributed by atoms with Gasteiger partial charge in [0.2, 0.25) is 0 Å². The van der Waals surface area contributed by atoms with Gasteiger partial charge >= 0.3 is 0 Å². The van der Waals surface area contributed by atoms with Crippen LogP contribution in [0.4, 0.5) is 0 Å². The summed E-state index contributed by atoms with van der Waals surface area (Å²) in [6.07, 6.45) is 4.10. The first-order valence-corrected chi connectivity index (χ1v) is 6.59. The molecule has 1 aliphatic rings. The zero-order valence-electron chi connectivity index (χ0n) is 11.3. The second-order valence-corrected chi connectivity index (χ2v) is 5.17. The standard InChI is InChI=1S/C13H28N2O/c1-11(2)15(8-9-16-4)10-12-6-5-7-13(12)14-3/h11-14H,5-10H2,1-4H3. The van der Waals surface area contributed by atoms with Crippen molar-refractivity contribution < 1.29 is 4.74 Å². The summed E-state index contributed by atoms with van der Waals surface area (Å²) in [4.78, 5) is 2.55. The number of nitrogens with zero attached hydrogens (tertiary/aromatic N) is 1. The van der Waals surface area contributed by atoms with Crippen LogP contribution < -0.4 is 5.32 Å². The summed E-state index contributed by atoms with van der Waals surface area (Å²) in [5.41, 5.74) is 0. The van der Waals surface area contributed by atoms with Crippen molar-refractivity contribution in [1.82, 2.24) is 10.2 Å². The molecule has 0 radical (unpaired) electrons. The van der Waals surface area contributed by atoms with Crippen LogP contribution in [0.5, 0.6) is 0 Å². The smallest absolute Gasteiger partial charge is 0.0589 e. The highest BCUT2D eigenvalue weighted by atomic mass is 16.5. The Morgan fingerprint density at radius 3 is 2.69 bits per heavy atom. The third kappa shape index (κ3) is 4.04. The van der Waals surface area contributed by atoms with Gasteiger partial charge in [-0.15, -0.1) is 0 Å². The molecule has 16 heavy (non-hydrogen) atoms. The first-order chi connectivity index (χ1) is 7.69. The second kappa shape index (κ2) is 7.25. The fraction of sp³-hybridized carbons (Fsp3) is 1.00. The molecular formula is C13H28N2O. The number of ether oxygens (including phenoxy) is 1. The Kier molecular flexibility index (Phi) is 6.32. The first kappa shape index (κ1) is 13.9. The summed E-state index contributed by atoms with van der Waals surface area (Å²) in [7, 11) is 3.88. The molecule has 0 aliphatic heterocycles. The van der Waals surface area contributed by atoms with Crippen LogP contribution in [0.3, 0.4) is 0 Å². The van der Waals surface area contributed by atoms with Gasteiger partial charge in [-0.05, 0) is 39.7 Å². The van der Waals surface area contributed by atoms with Crippen LogP contribution in [0, 0.1) is 5.92 Å². The number of rotatable bonds is 7. The van der Waals surface area contributed by atoms with Gasteiger partial charge < -0.3 is 10.1 Å². The molecule has 0 aromatic heterocycles. The lowest BCUT2D eigenvalue weighted by atomic mass is 10.0. The van der Waals surface area contributed by atoms with Crippen molar-refractivity contribution in [3.63, 3.8) is 0 Å². The highest BCUT2D eigenvalue weighted by molar-refractivity contribution is 4.84. The maximum absolute atomic E-state index is 5.18. The third-order valence-electron chi connectivity index (χ3n) is 3.81. The van der Waals surface area contributed by atoms with E-state index < -0.39 is 0 Å². The molecule has 0 aromatic rings. The molecule has 1 saturated carbocycles. The van der Waals surface area contributed by atoms with Crippen molar-refractivity contribution in [3.05, 3.63) is 0 Å². The van der Waals surface area contributed by atoms with Crippen LogP contribution >= 0.6 is 0 Å². The van der Waals surface area contributed by atoms with Crippen molar-refractivity contribution in [2.45, 2.75) is 45.2 Å². The van der Waals surface area contributed by atoms with Crippen molar-refractivity contribution in [3.8, 4) is 0 Å². The van der Waals surface area contributed by atoms with Gasteiger partial charge in [-0.1, -0.05) is 6.42 Å². The molecule has 0 heterocycles. The quantitative estimate of drug-likeness (QED) is 0.718. The lowest BCUT2D eigenvalue weighted by Crippen LogP contribution is -2.42. The predicted octanol–water partition coefficient (Wildman–Crippen LogP) is 1.73. The molecule has 2 atom stereocenters. The molecule has 0 spiro atoms. The van der Waals surface area contributed by atoms with E-state index in [4.69, 9.17) is 4.74 Å². The van der Waals surface area contributed by atoms with Crippen LogP contribution in [0.15, 0.2) is 0 Å². The zero-order valence-corrected chi connectivity index (χ0v) is 11.3. The number of methoxy groups -OCH3 is 1. The fourth-order valence-corrected chi connectivity index (χ4v) is 2.71. The topological polar surface area (TPSA) is 24.5 Å². The van der Waals surface area contributed by atoms with E-state index in [2.05, 4.69) is 31.1 Å². The molecule has 1 aliphatic carbocycles. The summed E-state index contributed by atoms with van der Waals surface area (Å²) in [6.45, 7) is 7.67. The number of hydrogen-bond donors (Lipinski definition) is 1. The number of nitrogens with one attached hydrogen (secondary N) is 1. The Bertz CT molecular complexity index is 185. The van der Waals surface area contributed by atoms with Crippen LogP contribution in [-0.4, -0.2) is 50.8 Å². The molecule has 0 bridgehead atoms. The summed E-state index contributed by atoms with van der Waals surface area (Å²) in [5.74, 6) is 0.823. The first-order valence-electron chi connectivity index (χ1n) is 6.59. The molecule has 3 heteroatoms. The summed E-state index contributed by atoms with van der Waals surface area (Å²) >= 11 is 0. The molecule has 0 saturated heterocycles. The van der Waals surface area contributed by atoms with Gasteiger partial charge in [0.05, 0.1) is 6.61 Å². The maximum atomic E-state index is 5.18. The van der Waals surface area contributed by atoms with E-state index in [1.54, 1.807) is 7.11 Å². The van der Waals surface area contributed by atoms with E-state index in [1.165, 1.54) is 25.8 Å². The van der Waals surface area contributed by atoms with Crippen molar-refractivity contribution in [2.75, 3.05) is 33.9 Å². The third-order valence-corrected chi connectivity index (χ3v) is 3.81. The Hall–Kier alpha value is -0.120. The van der Waals surface area contributed by atoms with Gasteiger partial charge in [-0.25, -0.2) is 0 Å². The molecule has 0 aromatic carbocycles. The highest BCUT2D eigenvalue weighted by Gasteiger charge is 2.28. The molecule has 0 amide bonds. The minimum Gasteiger partial charge on any atom is -0.383 e. The van der Waals surface area contributed by atoms with E-state index >= 15 is 0 Å². The summed E-state index contributed by atoms with van der Waals surface area (Å²) < 4.78 is 5.18. The highest BCUT2D eigenvalue weighted by Crippen LogP contribution is 2.26. The predicted molar refractivity (Wildman–Crippen MR) is 68.8 cm³/mol. The Morgan fingerprint density at radius 2 is 2.12 bits per heavy atom. The van der Waals surface area contributed by atoms with Crippen molar-refractivity contribution in [2.24, 2.45) is 5.92 Å². The average Bonchev–Trinajstić information content (AvgIpc) is 2.70. The summed E-state index contributed by atoms with van der Waals surface area (Å²) in [6, 6.07) is 1.34. The monoisotopic (exact) mass is 228 g/mol. The molecule has 2 unspecified atom stereocenters. The van der Waals surface area contributed by atoms with Gasteiger partial charge in [0.1, 0.15) is 0 Å². The molecule has 96 valence electrons. The second-order valence-electron chi connectivity index (χ2n) is 5.17. The minimum absolute atomic E-state index is 0.619. The number of hydrogen-bond acceptors (Lipinski definition) is 3. The summed E-state index contributed by atoms with van der Waals surface area (Å²) in [5, 5.41) is 3.46. The lowest BCUT2D eigenvalue weighted by Gasteiger charge is -2.31. The van der Waals surface area contributed by atoms with Crippen LogP contribution in [0.1, 0.15) is 33.1 Å². The lowest BCUT2D eigenvalue weighted by molar-refractivity contribution is 0.113. The van der Waals surface area contributed by atoms with Crippen molar-refractivity contribution >= 4 is 0 Å². The van der Waals surface area contributed by atoms with Gasteiger partial charge in [-0.2, -0.15) is 0 Å². The SMILES string of the molecule is CNC1CCCC1CN(CCOC)C(C)C.